The van der Waals surface area contributed by atoms with Crippen LogP contribution in [0, 0.1) is 11.8 Å². The molecule has 0 fully saturated rings. The first-order valence-electron chi connectivity index (χ1n) is 4.45. The number of hydrogen-bond acceptors (Lipinski definition) is 4. The molecule has 14 heavy (non-hydrogen) atoms. The molecule has 0 atom stereocenters. The van der Waals surface area contributed by atoms with Gasteiger partial charge >= 0.3 is 5.97 Å². The number of hydrogen-bond donors (Lipinski definition) is 0. The third kappa shape index (κ3) is 6.46. The highest BCUT2D eigenvalue weighted by molar-refractivity contribution is 5.88. The predicted octanol–water partition coefficient (Wildman–Crippen LogP) is 0.952. The molecule has 0 rings (SSSR count). The van der Waals surface area contributed by atoms with Gasteiger partial charge in [0.15, 0.2) is 6.29 Å². The fourth-order valence-corrected chi connectivity index (χ4v) is 0.824. The van der Waals surface area contributed by atoms with E-state index >= 15 is 0 Å². The van der Waals surface area contributed by atoms with Gasteiger partial charge in [-0.3, -0.25) is 0 Å². The van der Waals surface area contributed by atoms with Gasteiger partial charge < -0.3 is 14.2 Å². The summed E-state index contributed by atoms with van der Waals surface area (Å²) in [5, 5.41) is 0. The van der Waals surface area contributed by atoms with Crippen LogP contribution in [0.25, 0.3) is 0 Å². The minimum absolute atomic E-state index is 0.258. The lowest BCUT2D eigenvalue weighted by Gasteiger charge is -2.10. The Balaban J connectivity index is 3.65. The molecule has 0 radical (unpaired) electrons. The average molecular weight is 200 g/mol. The normalized spacial score (nSPS) is 9.43. The van der Waals surface area contributed by atoms with Gasteiger partial charge in [-0.2, -0.15) is 0 Å². The van der Waals surface area contributed by atoms with Crippen molar-refractivity contribution in [2.24, 2.45) is 0 Å². The van der Waals surface area contributed by atoms with E-state index in [1.165, 1.54) is 0 Å². The summed E-state index contributed by atoms with van der Waals surface area (Å²) in [6.45, 7) is 2.09. The zero-order valence-electron chi connectivity index (χ0n) is 8.83. The SMILES string of the molecule is CCOC(=O)C#CCCC(OC)OC. The van der Waals surface area contributed by atoms with Crippen molar-refractivity contribution in [2.75, 3.05) is 20.8 Å². The average Bonchev–Trinajstić information content (AvgIpc) is 2.19. The third-order valence-electron chi connectivity index (χ3n) is 1.50. The Morgan fingerprint density at radius 3 is 2.50 bits per heavy atom. The van der Waals surface area contributed by atoms with Gasteiger partial charge in [0, 0.05) is 33.0 Å². The van der Waals surface area contributed by atoms with E-state index in [1.807, 2.05) is 0 Å². The molecule has 0 amide bonds. The van der Waals surface area contributed by atoms with E-state index in [0.29, 0.717) is 19.4 Å². The van der Waals surface area contributed by atoms with Gasteiger partial charge in [0.05, 0.1) is 6.61 Å². The van der Waals surface area contributed by atoms with Gasteiger partial charge in [-0.1, -0.05) is 5.92 Å². The summed E-state index contributed by atoms with van der Waals surface area (Å²) >= 11 is 0. The van der Waals surface area contributed by atoms with Crippen LogP contribution in [0.3, 0.4) is 0 Å². The van der Waals surface area contributed by atoms with Crippen LogP contribution >= 0.6 is 0 Å². The molecule has 0 aliphatic carbocycles. The van der Waals surface area contributed by atoms with Crippen molar-refractivity contribution >= 4 is 5.97 Å². The largest absolute Gasteiger partial charge is 0.456 e. The Hall–Kier alpha value is -1.05. The van der Waals surface area contributed by atoms with Crippen LogP contribution in [0.2, 0.25) is 0 Å². The Kier molecular flexibility index (Phi) is 7.90. The van der Waals surface area contributed by atoms with Crippen molar-refractivity contribution in [1.29, 1.82) is 0 Å². The molecule has 0 unspecified atom stereocenters. The molecule has 80 valence electrons. The summed E-state index contributed by atoms with van der Waals surface area (Å²) < 4.78 is 14.5. The lowest BCUT2D eigenvalue weighted by atomic mass is 10.3. The summed E-state index contributed by atoms with van der Waals surface area (Å²) in [6, 6.07) is 0. The monoisotopic (exact) mass is 200 g/mol. The summed E-state index contributed by atoms with van der Waals surface area (Å²) in [4.78, 5) is 10.8. The summed E-state index contributed by atoms with van der Waals surface area (Å²) in [5.41, 5.74) is 0. The highest BCUT2D eigenvalue weighted by Crippen LogP contribution is 2.00. The van der Waals surface area contributed by atoms with Crippen LogP contribution in [0.5, 0.6) is 0 Å². The molecule has 0 saturated heterocycles. The zero-order valence-corrected chi connectivity index (χ0v) is 8.83. The second kappa shape index (κ2) is 8.54. The van der Waals surface area contributed by atoms with Crippen molar-refractivity contribution < 1.29 is 19.0 Å². The number of ether oxygens (including phenoxy) is 3. The molecular weight excluding hydrogens is 184 g/mol. The molecular formula is C10H16O4. The molecule has 0 aromatic rings. The maximum Gasteiger partial charge on any atom is 0.384 e. The highest BCUT2D eigenvalue weighted by atomic mass is 16.7. The lowest BCUT2D eigenvalue weighted by molar-refractivity contribution is -0.136. The van der Waals surface area contributed by atoms with Crippen molar-refractivity contribution in [1.82, 2.24) is 0 Å². The highest BCUT2D eigenvalue weighted by Gasteiger charge is 2.02. The van der Waals surface area contributed by atoms with E-state index in [9.17, 15) is 4.79 Å². The van der Waals surface area contributed by atoms with Crippen molar-refractivity contribution in [3.63, 3.8) is 0 Å². The van der Waals surface area contributed by atoms with Crippen LogP contribution in [0.15, 0.2) is 0 Å². The first kappa shape index (κ1) is 12.9. The summed E-state index contributed by atoms with van der Waals surface area (Å²) in [5.74, 6) is 4.56. The molecule has 0 aromatic carbocycles. The Morgan fingerprint density at radius 2 is 2.00 bits per heavy atom. The standard InChI is InChI=1S/C10H16O4/c1-4-14-9(11)7-5-6-8-10(12-2)13-3/h10H,4,6,8H2,1-3H3. The van der Waals surface area contributed by atoms with Gasteiger partial charge in [0.25, 0.3) is 0 Å². The summed E-state index contributed by atoms with van der Waals surface area (Å²) in [7, 11) is 3.12. The van der Waals surface area contributed by atoms with Crippen LogP contribution < -0.4 is 0 Å². The molecule has 4 heteroatoms. The van der Waals surface area contributed by atoms with Crippen molar-refractivity contribution in [3.8, 4) is 11.8 Å². The fourth-order valence-electron chi connectivity index (χ4n) is 0.824. The Labute approximate surface area is 84.5 Å². The quantitative estimate of drug-likeness (QED) is 0.287. The number of carbonyl (C=O) groups excluding carboxylic acids is 1. The van der Waals surface area contributed by atoms with Crippen molar-refractivity contribution in [2.45, 2.75) is 26.1 Å². The molecule has 0 aliphatic heterocycles. The molecule has 0 aromatic heterocycles. The Morgan fingerprint density at radius 1 is 1.36 bits per heavy atom. The van der Waals surface area contributed by atoms with E-state index in [-0.39, 0.29) is 6.29 Å². The van der Waals surface area contributed by atoms with Gasteiger partial charge in [-0.15, -0.1) is 0 Å². The first-order chi connectivity index (χ1) is 6.74. The summed E-state index contributed by atoms with van der Waals surface area (Å²) in [6.07, 6.45) is 0.927. The molecule has 0 heterocycles. The van der Waals surface area contributed by atoms with Crippen LogP contribution in [-0.2, 0) is 19.0 Å². The molecule has 0 bridgehead atoms. The van der Waals surface area contributed by atoms with E-state index < -0.39 is 5.97 Å². The topological polar surface area (TPSA) is 44.8 Å². The van der Waals surface area contributed by atoms with Crippen LogP contribution in [-0.4, -0.2) is 33.1 Å². The smallest absolute Gasteiger partial charge is 0.384 e. The number of rotatable bonds is 5. The molecule has 0 aliphatic rings. The molecule has 0 saturated carbocycles. The van der Waals surface area contributed by atoms with Gasteiger partial charge in [0.1, 0.15) is 0 Å². The van der Waals surface area contributed by atoms with Gasteiger partial charge in [0.2, 0.25) is 0 Å². The van der Waals surface area contributed by atoms with E-state index in [0.717, 1.165) is 0 Å². The fraction of sp³-hybridized carbons (Fsp3) is 0.700. The lowest BCUT2D eigenvalue weighted by Crippen LogP contribution is -2.11. The van der Waals surface area contributed by atoms with E-state index in [2.05, 4.69) is 16.6 Å². The maximum atomic E-state index is 10.8. The number of methoxy groups -OCH3 is 2. The number of esters is 1. The second-order valence-electron chi connectivity index (χ2n) is 2.46. The maximum absolute atomic E-state index is 10.8. The minimum atomic E-state index is -0.487. The zero-order chi connectivity index (χ0) is 10.8. The van der Waals surface area contributed by atoms with Crippen LogP contribution in [0.1, 0.15) is 19.8 Å². The van der Waals surface area contributed by atoms with E-state index in [4.69, 9.17) is 9.47 Å². The minimum Gasteiger partial charge on any atom is -0.456 e. The number of carbonyl (C=O) groups is 1. The Bertz CT molecular complexity index is 210. The second-order valence-corrected chi connectivity index (χ2v) is 2.46. The molecule has 0 N–H and O–H groups in total. The van der Waals surface area contributed by atoms with Crippen molar-refractivity contribution in [3.05, 3.63) is 0 Å². The third-order valence-corrected chi connectivity index (χ3v) is 1.50. The molecule has 0 spiro atoms. The first-order valence-corrected chi connectivity index (χ1v) is 4.45. The van der Waals surface area contributed by atoms with Gasteiger partial charge in [-0.05, 0) is 6.92 Å². The van der Waals surface area contributed by atoms with E-state index in [1.54, 1.807) is 21.1 Å². The predicted molar refractivity (Wildman–Crippen MR) is 51.4 cm³/mol. The molecule has 4 nitrogen and oxygen atoms in total. The van der Waals surface area contributed by atoms with Gasteiger partial charge in [-0.25, -0.2) is 4.79 Å². The van der Waals surface area contributed by atoms with Crippen LogP contribution in [0.4, 0.5) is 0 Å².